The van der Waals surface area contributed by atoms with Gasteiger partial charge in [-0.3, -0.25) is 0 Å². The van der Waals surface area contributed by atoms with E-state index in [0.717, 1.165) is 5.76 Å². The normalized spacial score (nSPS) is 12.1. The SMILES string of the molecule is Cc1cnc(C(C)Nc2cnc(C(N)=S)cn2)o1. The molecule has 18 heavy (non-hydrogen) atoms. The van der Waals surface area contributed by atoms with E-state index in [1.807, 2.05) is 13.8 Å². The quantitative estimate of drug-likeness (QED) is 0.809. The standard InChI is InChI=1S/C11H13N5OS/c1-6-3-15-11(17-6)7(2)16-9-5-13-8(4-14-9)10(12)18/h3-5,7H,1-2H3,(H2,12,18)(H,14,16). The first kappa shape index (κ1) is 12.4. The minimum Gasteiger partial charge on any atom is -0.444 e. The van der Waals surface area contributed by atoms with Gasteiger partial charge < -0.3 is 15.5 Å². The number of nitrogens with two attached hydrogens (primary N) is 1. The van der Waals surface area contributed by atoms with Crippen LogP contribution in [0.15, 0.2) is 23.0 Å². The fourth-order valence-corrected chi connectivity index (χ4v) is 1.49. The van der Waals surface area contributed by atoms with E-state index in [9.17, 15) is 0 Å². The summed E-state index contributed by atoms with van der Waals surface area (Å²) >= 11 is 4.80. The van der Waals surface area contributed by atoms with E-state index >= 15 is 0 Å². The van der Waals surface area contributed by atoms with Crippen LogP contribution in [-0.2, 0) is 0 Å². The van der Waals surface area contributed by atoms with E-state index in [2.05, 4.69) is 20.3 Å². The second kappa shape index (κ2) is 5.09. The maximum absolute atomic E-state index is 5.44. The highest BCUT2D eigenvalue weighted by molar-refractivity contribution is 7.80. The maximum atomic E-state index is 5.44. The Labute approximate surface area is 110 Å². The molecule has 2 heterocycles. The molecule has 1 atom stereocenters. The Balaban J connectivity index is 2.07. The monoisotopic (exact) mass is 263 g/mol. The van der Waals surface area contributed by atoms with Crippen molar-refractivity contribution in [3.63, 3.8) is 0 Å². The molecular weight excluding hydrogens is 250 g/mol. The van der Waals surface area contributed by atoms with E-state index in [1.54, 1.807) is 12.4 Å². The molecule has 0 bridgehead atoms. The molecule has 3 N–H and O–H groups in total. The van der Waals surface area contributed by atoms with Crippen LogP contribution in [0, 0.1) is 6.92 Å². The van der Waals surface area contributed by atoms with Gasteiger partial charge in [-0.2, -0.15) is 0 Å². The van der Waals surface area contributed by atoms with Crippen LogP contribution >= 0.6 is 12.2 Å². The Morgan fingerprint density at radius 2 is 2.11 bits per heavy atom. The molecule has 2 aromatic rings. The fourth-order valence-electron chi connectivity index (χ4n) is 1.39. The molecule has 1 unspecified atom stereocenters. The zero-order valence-electron chi connectivity index (χ0n) is 10.0. The summed E-state index contributed by atoms with van der Waals surface area (Å²) in [7, 11) is 0. The summed E-state index contributed by atoms with van der Waals surface area (Å²) in [5.41, 5.74) is 5.94. The zero-order valence-corrected chi connectivity index (χ0v) is 10.9. The number of hydrogen-bond acceptors (Lipinski definition) is 6. The Bertz CT molecular complexity index is 551. The molecule has 94 valence electrons. The summed E-state index contributed by atoms with van der Waals surface area (Å²) in [6.45, 7) is 3.77. The van der Waals surface area contributed by atoms with E-state index in [1.165, 1.54) is 6.20 Å². The Morgan fingerprint density at radius 1 is 1.33 bits per heavy atom. The van der Waals surface area contributed by atoms with E-state index in [-0.39, 0.29) is 11.0 Å². The smallest absolute Gasteiger partial charge is 0.216 e. The van der Waals surface area contributed by atoms with Crippen molar-refractivity contribution in [3.8, 4) is 0 Å². The summed E-state index contributed by atoms with van der Waals surface area (Å²) < 4.78 is 5.42. The lowest BCUT2D eigenvalue weighted by molar-refractivity contribution is 0.453. The number of nitrogens with one attached hydrogen (secondary N) is 1. The van der Waals surface area contributed by atoms with Crippen LogP contribution in [0.5, 0.6) is 0 Å². The first-order valence-electron chi connectivity index (χ1n) is 5.37. The van der Waals surface area contributed by atoms with Crippen molar-refractivity contribution in [2.45, 2.75) is 19.9 Å². The van der Waals surface area contributed by atoms with Gasteiger partial charge in [0.05, 0.1) is 18.6 Å². The molecule has 0 saturated carbocycles. The van der Waals surface area contributed by atoms with Gasteiger partial charge in [0.1, 0.15) is 28.3 Å². The van der Waals surface area contributed by atoms with Crippen LogP contribution in [0.3, 0.4) is 0 Å². The number of oxazole rings is 1. The molecule has 0 aromatic carbocycles. The Kier molecular flexibility index (Phi) is 3.52. The lowest BCUT2D eigenvalue weighted by atomic mass is 10.3. The van der Waals surface area contributed by atoms with Gasteiger partial charge in [0, 0.05) is 0 Å². The van der Waals surface area contributed by atoms with Crippen molar-refractivity contribution in [1.82, 2.24) is 15.0 Å². The minimum atomic E-state index is -0.0938. The first-order chi connectivity index (χ1) is 8.56. The molecule has 0 aliphatic rings. The van der Waals surface area contributed by atoms with Gasteiger partial charge in [0.15, 0.2) is 0 Å². The molecule has 0 spiro atoms. The lowest BCUT2D eigenvalue weighted by Crippen LogP contribution is -2.13. The average molecular weight is 263 g/mol. The summed E-state index contributed by atoms with van der Waals surface area (Å²) in [6.07, 6.45) is 4.77. The number of hydrogen-bond donors (Lipinski definition) is 2. The average Bonchev–Trinajstić information content (AvgIpc) is 2.76. The van der Waals surface area contributed by atoms with Gasteiger partial charge in [-0.1, -0.05) is 12.2 Å². The van der Waals surface area contributed by atoms with Gasteiger partial charge in [-0.05, 0) is 13.8 Å². The van der Waals surface area contributed by atoms with Gasteiger partial charge in [0.2, 0.25) is 5.89 Å². The number of anilines is 1. The topological polar surface area (TPSA) is 89.9 Å². The largest absolute Gasteiger partial charge is 0.444 e. The third-order valence-electron chi connectivity index (χ3n) is 2.28. The first-order valence-corrected chi connectivity index (χ1v) is 5.78. The predicted octanol–water partition coefficient (Wildman–Crippen LogP) is 1.58. The summed E-state index contributed by atoms with van der Waals surface area (Å²) in [6, 6.07) is -0.0938. The molecule has 0 aliphatic carbocycles. The Morgan fingerprint density at radius 3 is 2.61 bits per heavy atom. The number of aryl methyl sites for hydroxylation is 1. The third-order valence-corrected chi connectivity index (χ3v) is 2.49. The molecule has 2 rings (SSSR count). The third kappa shape index (κ3) is 2.80. The van der Waals surface area contributed by atoms with Crippen molar-refractivity contribution in [3.05, 3.63) is 35.9 Å². The zero-order chi connectivity index (χ0) is 13.1. The van der Waals surface area contributed by atoms with Crippen molar-refractivity contribution in [2.75, 3.05) is 5.32 Å². The van der Waals surface area contributed by atoms with E-state index < -0.39 is 0 Å². The highest BCUT2D eigenvalue weighted by Crippen LogP contribution is 2.16. The molecule has 0 fully saturated rings. The van der Waals surface area contributed by atoms with Crippen LogP contribution in [0.4, 0.5) is 5.82 Å². The Hall–Kier alpha value is -2.02. The van der Waals surface area contributed by atoms with Crippen LogP contribution in [0.1, 0.15) is 30.3 Å². The highest BCUT2D eigenvalue weighted by atomic mass is 32.1. The van der Waals surface area contributed by atoms with Crippen molar-refractivity contribution in [2.24, 2.45) is 5.73 Å². The molecule has 2 aromatic heterocycles. The summed E-state index contributed by atoms with van der Waals surface area (Å²) in [5, 5.41) is 3.12. The number of aromatic nitrogens is 3. The second-order valence-corrected chi connectivity index (χ2v) is 4.27. The number of rotatable bonds is 4. The molecule has 0 radical (unpaired) electrons. The van der Waals surface area contributed by atoms with Crippen molar-refractivity contribution < 1.29 is 4.42 Å². The molecule has 0 aliphatic heterocycles. The van der Waals surface area contributed by atoms with Crippen molar-refractivity contribution >= 4 is 23.0 Å². The fraction of sp³-hybridized carbons (Fsp3) is 0.273. The van der Waals surface area contributed by atoms with Gasteiger partial charge >= 0.3 is 0 Å². The van der Waals surface area contributed by atoms with Gasteiger partial charge in [-0.15, -0.1) is 0 Å². The predicted molar refractivity (Wildman–Crippen MR) is 71.2 cm³/mol. The van der Waals surface area contributed by atoms with E-state index in [0.29, 0.717) is 17.4 Å². The maximum Gasteiger partial charge on any atom is 0.216 e. The van der Waals surface area contributed by atoms with Crippen molar-refractivity contribution in [1.29, 1.82) is 0 Å². The van der Waals surface area contributed by atoms with Crippen LogP contribution < -0.4 is 11.1 Å². The molecule has 0 amide bonds. The number of thiocarbonyl (C=S) groups is 1. The molecule has 0 saturated heterocycles. The lowest BCUT2D eigenvalue weighted by Gasteiger charge is -2.10. The molecule has 6 nitrogen and oxygen atoms in total. The highest BCUT2D eigenvalue weighted by Gasteiger charge is 2.11. The summed E-state index contributed by atoms with van der Waals surface area (Å²) in [4.78, 5) is 12.6. The van der Waals surface area contributed by atoms with Gasteiger partial charge in [-0.25, -0.2) is 15.0 Å². The van der Waals surface area contributed by atoms with Crippen LogP contribution in [0.2, 0.25) is 0 Å². The van der Waals surface area contributed by atoms with Crippen LogP contribution in [0.25, 0.3) is 0 Å². The second-order valence-electron chi connectivity index (χ2n) is 3.83. The van der Waals surface area contributed by atoms with Crippen LogP contribution in [-0.4, -0.2) is 19.9 Å². The number of nitrogens with zero attached hydrogens (tertiary/aromatic N) is 3. The molecular formula is C11H13N5OS. The summed E-state index contributed by atoms with van der Waals surface area (Å²) in [5.74, 6) is 1.99. The minimum absolute atomic E-state index is 0.0938. The van der Waals surface area contributed by atoms with E-state index in [4.69, 9.17) is 22.4 Å². The van der Waals surface area contributed by atoms with Gasteiger partial charge in [0.25, 0.3) is 0 Å². The molecule has 7 heteroatoms.